The zero-order chi connectivity index (χ0) is 15.4. The molecule has 4 heteroatoms. The van der Waals surface area contributed by atoms with Crippen molar-refractivity contribution in [2.45, 2.75) is 39.3 Å². The zero-order valence-corrected chi connectivity index (χ0v) is 13.9. The van der Waals surface area contributed by atoms with Crippen LogP contribution in [0.2, 0.25) is 0 Å². The number of fused-ring (bicyclic) bond motifs is 1. The number of methoxy groups -OCH3 is 1. The Bertz CT molecular complexity index is 575. The molecule has 1 aromatic carbocycles. The van der Waals surface area contributed by atoms with Crippen LogP contribution in [-0.4, -0.2) is 19.1 Å². The number of carbonyl (C=O) groups excluding carboxylic acids is 1. The molecule has 114 valence electrons. The highest BCUT2D eigenvalue weighted by Crippen LogP contribution is 2.30. The highest BCUT2D eigenvalue weighted by atomic mass is 32.1. The van der Waals surface area contributed by atoms with Crippen LogP contribution in [0.1, 0.15) is 38.1 Å². The fourth-order valence-corrected chi connectivity index (χ4v) is 3.47. The molecule has 1 heterocycles. The number of hydrogen-bond acceptors (Lipinski definition) is 4. The number of carbonyl (C=O) groups is 1. The smallest absolute Gasteiger partial charge is 0.323 e. The molecular weight excluding hydrogens is 282 g/mol. The maximum absolute atomic E-state index is 12.0. The molecule has 1 aromatic heterocycles. The van der Waals surface area contributed by atoms with Gasteiger partial charge in [0.05, 0.1) is 7.11 Å². The van der Waals surface area contributed by atoms with Crippen LogP contribution in [0.3, 0.4) is 0 Å². The molecule has 2 aromatic rings. The van der Waals surface area contributed by atoms with Crippen molar-refractivity contribution in [3.63, 3.8) is 0 Å². The fraction of sp³-hybridized carbons (Fsp3) is 0.471. The van der Waals surface area contributed by atoms with Gasteiger partial charge in [-0.2, -0.15) is 0 Å². The molecule has 3 atom stereocenters. The quantitative estimate of drug-likeness (QED) is 0.815. The van der Waals surface area contributed by atoms with Gasteiger partial charge in [-0.25, -0.2) is 0 Å². The predicted octanol–water partition coefficient (Wildman–Crippen LogP) is 4.14. The third-order valence-electron chi connectivity index (χ3n) is 3.97. The predicted molar refractivity (Wildman–Crippen MR) is 88.6 cm³/mol. The van der Waals surface area contributed by atoms with E-state index >= 15 is 0 Å². The lowest BCUT2D eigenvalue weighted by atomic mass is 9.98. The first-order valence-corrected chi connectivity index (χ1v) is 8.20. The van der Waals surface area contributed by atoms with Crippen molar-refractivity contribution in [2.75, 3.05) is 7.11 Å². The van der Waals surface area contributed by atoms with Crippen molar-refractivity contribution in [3.8, 4) is 0 Å². The van der Waals surface area contributed by atoms with Crippen LogP contribution in [-0.2, 0) is 9.53 Å². The number of ether oxygens (including phenoxy) is 1. The molecule has 0 aliphatic heterocycles. The third kappa shape index (κ3) is 3.63. The number of esters is 1. The van der Waals surface area contributed by atoms with Crippen LogP contribution in [0.25, 0.3) is 10.1 Å². The Morgan fingerprint density at radius 3 is 2.67 bits per heavy atom. The van der Waals surface area contributed by atoms with Crippen molar-refractivity contribution in [1.29, 1.82) is 0 Å². The van der Waals surface area contributed by atoms with Gasteiger partial charge in [-0.15, -0.1) is 11.3 Å². The lowest BCUT2D eigenvalue weighted by molar-refractivity contribution is -0.144. The molecule has 0 bridgehead atoms. The van der Waals surface area contributed by atoms with Crippen LogP contribution in [0, 0.1) is 5.92 Å². The summed E-state index contributed by atoms with van der Waals surface area (Å²) in [4.78, 5) is 13.2. The Balaban J connectivity index is 2.17. The van der Waals surface area contributed by atoms with E-state index in [0.717, 1.165) is 6.42 Å². The van der Waals surface area contributed by atoms with Crippen molar-refractivity contribution < 1.29 is 9.53 Å². The largest absolute Gasteiger partial charge is 0.468 e. The van der Waals surface area contributed by atoms with E-state index in [9.17, 15) is 4.79 Å². The Morgan fingerprint density at radius 2 is 2.05 bits per heavy atom. The molecule has 3 nitrogen and oxygen atoms in total. The van der Waals surface area contributed by atoms with E-state index in [-0.39, 0.29) is 24.0 Å². The minimum Gasteiger partial charge on any atom is -0.468 e. The second-order valence-corrected chi connectivity index (χ2v) is 6.58. The summed E-state index contributed by atoms with van der Waals surface area (Å²) >= 11 is 1.77. The van der Waals surface area contributed by atoms with Gasteiger partial charge in [0, 0.05) is 15.6 Å². The Kier molecular flexibility index (Phi) is 5.37. The maximum Gasteiger partial charge on any atom is 0.323 e. The summed E-state index contributed by atoms with van der Waals surface area (Å²) in [6.07, 6.45) is 0.936. The molecular formula is C17H23NO2S. The second-order valence-electron chi connectivity index (χ2n) is 5.46. The molecule has 0 saturated heterocycles. The van der Waals surface area contributed by atoms with Crippen LogP contribution in [0.5, 0.6) is 0 Å². The SMILES string of the molecule is CCC(C)C(NC(C)c1cc2ccccc2s1)C(=O)OC. The average molecular weight is 305 g/mol. The topological polar surface area (TPSA) is 38.3 Å². The standard InChI is InChI=1S/C17H23NO2S/c1-5-11(2)16(17(19)20-4)18-12(3)15-10-13-8-6-7-9-14(13)21-15/h6-12,16,18H,5H2,1-4H3. The van der Waals surface area contributed by atoms with Gasteiger partial charge in [-0.3, -0.25) is 10.1 Å². The van der Waals surface area contributed by atoms with Crippen molar-refractivity contribution >= 4 is 27.4 Å². The Morgan fingerprint density at radius 1 is 1.33 bits per heavy atom. The van der Waals surface area contributed by atoms with E-state index < -0.39 is 0 Å². The lowest BCUT2D eigenvalue weighted by Crippen LogP contribution is -2.43. The van der Waals surface area contributed by atoms with E-state index in [1.54, 1.807) is 11.3 Å². The monoisotopic (exact) mass is 305 g/mol. The van der Waals surface area contributed by atoms with Gasteiger partial charge < -0.3 is 4.74 Å². The summed E-state index contributed by atoms with van der Waals surface area (Å²) in [5.74, 6) is 0.0617. The molecule has 2 rings (SSSR count). The van der Waals surface area contributed by atoms with Gasteiger partial charge in [0.25, 0.3) is 0 Å². The number of thiophene rings is 1. The summed E-state index contributed by atoms with van der Waals surface area (Å²) < 4.78 is 6.21. The minimum absolute atomic E-state index is 0.125. The molecule has 0 amide bonds. The molecule has 0 saturated carbocycles. The van der Waals surface area contributed by atoms with Crippen molar-refractivity contribution in [1.82, 2.24) is 5.32 Å². The van der Waals surface area contributed by atoms with Gasteiger partial charge >= 0.3 is 5.97 Å². The molecule has 21 heavy (non-hydrogen) atoms. The van der Waals surface area contributed by atoms with Gasteiger partial charge in [0.1, 0.15) is 6.04 Å². The van der Waals surface area contributed by atoms with Gasteiger partial charge in [-0.1, -0.05) is 38.5 Å². The van der Waals surface area contributed by atoms with E-state index in [0.29, 0.717) is 0 Å². The maximum atomic E-state index is 12.0. The molecule has 1 N–H and O–H groups in total. The highest BCUT2D eigenvalue weighted by Gasteiger charge is 2.27. The molecule has 0 fully saturated rings. The number of nitrogens with one attached hydrogen (secondary N) is 1. The lowest BCUT2D eigenvalue weighted by Gasteiger charge is -2.25. The van der Waals surface area contributed by atoms with Gasteiger partial charge in [-0.05, 0) is 30.4 Å². The number of hydrogen-bond donors (Lipinski definition) is 1. The first-order chi connectivity index (χ1) is 10.1. The van der Waals surface area contributed by atoms with Crippen molar-refractivity contribution in [2.24, 2.45) is 5.92 Å². The number of rotatable bonds is 6. The first-order valence-electron chi connectivity index (χ1n) is 7.39. The Hall–Kier alpha value is -1.39. The van der Waals surface area contributed by atoms with E-state index in [1.165, 1.54) is 22.1 Å². The highest BCUT2D eigenvalue weighted by molar-refractivity contribution is 7.19. The first kappa shape index (κ1) is 16.0. The summed E-state index contributed by atoms with van der Waals surface area (Å²) in [5.41, 5.74) is 0. The summed E-state index contributed by atoms with van der Waals surface area (Å²) in [5, 5.41) is 4.69. The van der Waals surface area contributed by atoms with E-state index in [4.69, 9.17) is 4.74 Å². The zero-order valence-electron chi connectivity index (χ0n) is 13.1. The summed E-state index contributed by atoms with van der Waals surface area (Å²) in [7, 11) is 1.45. The molecule has 0 aliphatic rings. The van der Waals surface area contributed by atoms with E-state index in [1.807, 2.05) is 6.07 Å². The fourth-order valence-electron chi connectivity index (χ4n) is 2.39. The normalized spacial score (nSPS) is 15.6. The minimum atomic E-state index is -0.264. The number of benzene rings is 1. The van der Waals surface area contributed by atoms with Crippen LogP contribution in [0.4, 0.5) is 0 Å². The summed E-state index contributed by atoms with van der Waals surface area (Å²) in [6, 6.07) is 10.4. The van der Waals surface area contributed by atoms with E-state index in [2.05, 4.69) is 50.4 Å². The molecule has 0 aliphatic carbocycles. The summed E-state index contributed by atoms with van der Waals surface area (Å²) in [6.45, 7) is 6.27. The molecule has 3 unspecified atom stereocenters. The van der Waals surface area contributed by atoms with Gasteiger partial charge in [0.15, 0.2) is 0 Å². The molecule has 0 radical (unpaired) electrons. The molecule has 0 spiro atoms. The average Bonchev–Trinajstić information content (AvgIpc) is 2.95. The van der Waals surface area contributed by atoms with Gasteiger partial charge in [0.2, 0.25) is 0 Å². The second kappa shape index (κ2) is 7.05. The van der Waals surface area contributed by atoms with Crippen LogP contribution in [0.15, 0.2) is 30.3 Å². The Labute approximate surface area is 130 Å². The van der Waals surface area contributed by atoms with Crippen LogP contribution >= 0.6 is 11.3 Å². The van der Waals surface area contributed by atoms with Crippen molar-refractivity contribution in [3.05, 3.63) is 35.2 Å². The van der Waals surface area contributed by atoms with Crippen LogP contribution < -0.4 is 5.32 Å². The third-order valence-corrected chi connectivity index (χ3v) is 5.27.